The number of phenols is 4. The first-order valence-corrected chi connectivity index (χ1v) is 17.9. The normalized spacial score (nSPS) is 11.6. The highest BCUT2D eigenvalue weighted by Gasteiger charge is 2.24. The molecule has 0 fully saturated rings. The predicted octanol–water partition coefficient (Wildman–Crippen LogP) is 12.9. The Bertz CT molecular complexity index is 3040. The number of fused-ring (bicyclic) bond motifs is 6. The Morgan fingerprint density at radius 2 is 0.741 bits per heavy atom. The third-order valence-corrected chi connectivity index (χ3v) is 10.9. The van der Waals surface area contributed by atoms with Gasteiger partial charge in [0.1, 0.15) is 0 Å². The van der Waals surface area contributed by atoms with Crippen LogP contribution in [0.15, 0.2) is 170 Å². The SMILES string of the molecule is Oc1cc(O)c(O)c(-c2c3ccccc3c(-c3ccc(-c4ccc(-c5cccc6c5ccc5cc7ccccc7cc56)cc4)cc3)c3ccccc23)c1O. The number of hydrogen-bond acceptors (Lipinski definition) is 4. The molecule has 0 radical (unpaired) electrons. The summed E-state index contributed by atoms with van der Waals surface area (Å²) in [5.41, 5.74) is 7.10. The van der Waals surface area contributed by atoms with Crippen LogP contribution < -0.4 is 0 Å². The van der Waals surface area contributed by atoms with Crippen molar-refractivity contribution in [1.29, 1.82) is 0 Å². The zero-order valence-corrected chi connectivity index (χ0v) is 29.0. The van der Waals surface area contributed by atoms with Crippen molar-refractivity contribution in [3.8, 4) is 67.5 Å². The van der Waals surface area contributed by atoms with Crippen molar-refractivity contribution in [2.75, 3.05) is 0 Å². The summed E-state index contributed by atoms with van der Waals surface area (Å²) in [7, 11) is 0. The summed E-state index contributed by atoms with van der Waals surface area (Å²) in [6, 6.07) is 58.0. The molecule has 0 amide bonds. The first-order chi connectivity index (χ1) is 26.4. The molecule has 10 aromatic rings. The lowest BCUT2D eigenvalue weighted by atomic mass is 9.85. The topological polar surface area (TPSA) is 80.9 Å². The second kappa shape index (κ2) is 12.1. The van der Waals surface area contributed by atoms with Crippen molar-refractivity contribution in [1.82, 2.24) is 0 Å². The largest absolute Gasteiger partial charge is 0.504 e. The maximum absolute atomic E-state index is 11.0. The molecule has 0 saturated heterocycles. The van der Waals surface area contributed by atoms with Gasteiger partial charge in [-0.3, -0.25) is 0 Å². The Morgan fingerprint density at radius 3 is 1.33 bits per heavy atom. The summed E-state index contributed by atoms with van der Waals surface area (Å²) in [4.78, 5) is 0. The van der Waals surface area contributed by atoms with Gasteiger partial charge in [-0.15, -0.1) is 0 Å². The Hall–Kier alpha value is -7.30. The van der Waals surface area contributed by atoms with Crippen molar-refractivity contribution in [3.05, 3.63) is 170 Å². The highest BCUT2D eigenvalue weighted by atomic mass is 16.3. The van der Waals surface area contributed by atoms with Crippen molar-refractivity contribution in [3.63, 3.8) is 0 Å². The number of phenolic OH excluding ortho intramolecular Hbond substituents is 4. The average molecular weight is 697 g/mol. The van der Waals surface area contributed by atoms with E-state index in [1.54, 1.807) is 0 Å². The average Bonchev–Trinajstić information content (AvgIpc) is 3.22. The molecule has 0 atom stereocenters. The molecule has 10 aromatic carbocycles. The first kappa shape index (κ1) is 31.4. The summed E-state index contributed by atoms with van der Waals surface area (Å²) in [6.07, 6.45) is 0. The van der Waals surface area contributed by atoms with Gasteiger partial charge in [-0.1, -0.05) is 152 Å². The van der Waals surface area contributed by atoms with E-state index in [-0.39, 0.29) is 5.56 Å². The van der Waals surface area contributed by atoms with E-state index >= 15 is 0 Å². The molecule has 0 aromatic heterocycles. The van der Waals surface area contributed by atoms with Gasteiger partial charge in [0.05, 0.1) is 5.56 Å². The van der Waals surface area contributed by atoms with Gasteiger partial charge >= 0.3 is 0 Å². The minimum absolute atomic E-state index is 0.0179. The minimum Gasteiger partial charge on any atom is -0.504 e. The van der Waals surface area contributed by atoms with Crippen LogP contribution in [-0.4, -0.2) is 20.4 Å². The standard InChI is InChI=1S/C50H32O4/c51-44-28-45(52)50(54)48(49(44)53)47-41-12-5-3-10-39(41)46(40-11-4-6-13-42(40)47)32-22-18-30(19-23-32)29-16-20-31(21-17-29)36-14-7-15-37-38(36)25-24-35-26-33-8-1-2-9-34(33)27-43(35)37/h1-28,51-54H. The molecule has 0 aliphatic carbocycles. The summed E-state index contributed by atoms with van der Waals surface area (Å²) in [5.74, 6) is -2.01. The molecule has 4 heteroatoms. The van der Waals surface area contributed by atoms with Gasteiger partial charge in [-0.25, -0.2) is 0 Å². The monoisotopic (exact) mass is 696 g/mol. The van der Waals surface area contributed by atoms with Crippen molar-refractivity contribution in [2.45, 2.75) is 0 Å². The Labute approximate surface area is 310 Å². The molecule has 0 aliphatic rings. The number of benzene rings is 10. The molecular formula is C50H32O4. The summed E-state index contributed by atoms with van der Waals surface area (Å²) in [5, 5.41) is 53.6. The molecule has 54 heavy (non-hydrogen) atoms. The quantitative estimate of drug-likeness (QED) is 0.0639. The number of rotatable bonds is 4. The lowest BCUT2D eigenvalue weighted by Crippen LogP contribution is -1.92. The second-order valence-corrected chi connectivity index (χ2v) is 13.9. The van der Waals surface area contributed by atoms with E-state index in [0.29, 0.717) is 5.56 Å². The van der Waals surface area contributed by atoms with Crippen LogP contribution in [0.2, 0.25) is 0 Å². The van der Waals surface area contributed by atoms with Gasteiger partial charge in [0.25, 0.3) is 0 Å². The van der Waals surface area contributed by atoms with Gasteiger partial charge in [-0.2, -0.15) is 0 Å². The molecule has 0 saturated carbocycles. The van der Waals surface area contributed by atoms with Crippen molar-refractivity contribution >= 4 is 53.9 Å². The first-order valence-electron chi connectivity index (χ1n) is 17.9. The fourth-order valence-electron chi connectivity index (χ4n) is 8.29. The molecule has 0 aliphatic heterocycles. The molecule has 10 rings (SSSR count). The van der Waals surface area contributed by atoms with Crippen LogP contribution in [0.1, 0.15) is 0 Å². The second-order valence-electron chi connectivity index (χ2n) is 13.9. The van der Waals surface area contributed by atoms with Crippen LogP contribution in [-0.2, 0) is 0 Å². The fourth-order valence-corrected chi connectivity index (χ4v) is 8.29. The maximum atomic E-state index is 11.0. The highest BCUT2D eigenvalue weighted by Crippen LogP contribution is 2.53. The molecule has 0 spiro atoms. The van der Waals surface area contributed by atoms with E-state index < -0.39 is 23.0 Å². The highest BCUT2D eigenvalue weighted by molar-refractivity contribution is 6.22. The van der Waals surface area contributed by atoms with Crippen LogP contribution in [0.25, 0.3) is 98.4 Å². The Morgan fingerprint density at radius 1 is 0.259 bits per heavy atom. The zero-order chi connectivity index (χ0) is 36.5. The molecule has 4 N–H and O–H groups in total. The van der Waals surface area contributed by atoms with Crippen LogP contribution in [0.5, 0.6) is 23.0 Å². The van der Waals surface area contributed by atoms with E-state index in [1.165, 1.54) is 37.9 Å². The minimum atomic E-state index is -0.513. The maximum Gasteiger partial charge on any atom is 0.169 e. The van der Waals surface area contributed by atoms with Crippen LogP contribution >= 0.6 is 0 Å². The molecule has 0 heterocycles. The lowest BCUT2D eigenvalue weighted by Gasteiger charge is -2.19. The smallest absolute Gasteiger partial charge is 0.169 e. The number of hydrogen-bond donors (Lipinski definition) is 4. The van der Waals surface area contributed by atoms with E-state index in [4.69, 9.17) is 0 Å². The van der Waals surface area contributed by atoms with E-state index in [0.717, 1.165) is 55.4 Å². The van der Waals surface area contributed by atoms with E-state index in [1.807, 2.05) is 48.5 Å². The van der Waals surface area contributed by atoms with Gasteiger partial charge in [-0.05, 0) is 99.4 Å². The fraction of sp³-hybridized carbons (Fsp3) is 0. The number of aromatic hydroxyl groups is 4. The molecule has 4 nitrogen and oxygen atoms in total. The van der Waals surface area contributed by atoms with Gasteiger partial charge < -0.3 is 20.4 Å². The molecule has 0 bridgehead atoms. The summed E-state index contributed by atoms with van der Waals surface area (Å²) >= 11 is 0. The summed E-state index contributed by atoms with van der Waals surface area (Å²) < 4.78 is 0. The van der Waals surface area contributed by atoms with E-state index in [9.17, 15) is 20.4 Å². The predicted molar refractivity (Wildman–Crippen MR) is 222 cm³/mol. The van der Waals surface area contributed by atoms with Crippen molar-refractivity contribution in [2.24, 2.45) is 0 Å². The van der Waals surface area contributed by atoms with Crippen molar-refractivity contribution < 1.29 is 20.4 Å². The Balaban J connectivity index is 1.05. The molecule has 256 valence electrons. The molecule has 0 unspecified atom stereocenters. The lowest BCUT2D eigenvalue weighted by molar-refractivity contribution is 0.375. The summed E-state index contributed by atoms with van der Waals surface area (Å²) in [6.45, 7) is 0. The van der Waals surface area contributed by atoms with Crippen LogP contribution in [0.4, 0.5) is 0 Å². The Kier molecular flexibility index (Phi) is 7.07. The van der Waals surface area contributed by atoms with Gasteiger partial charge in [0.15, 0.2) is 23.0 Å². The van der Waals surface area contributed by atoms with Crippen LogP contribution in [0, 0.1) is 0 Å². The van der Waals surface area contributed by atoms with Gasteiger partial charge in [0, 0.05) is 11.6 Å². The van der Waals surface area contributed by atoms with Crippen LogP contribution in [0.3, 0.4) is 0 Å². The van der Waals surface area contributed by atoms with Gasteiger partial charge in [0.2, 0.25) is 0 Å². The molecular weight excluding hydrogens is 665 g/mol. The third kappa shape index (κ3) is 4.85. The zero-order valence-electron chi connectivity index (χ0n) is 29.0. The third-order valence-electron chi connectivity index (χ3n) is 10.9. The van der Waals surface area contributed by atoms with E-state index in [2.05, 4.69) is 115 Å².